The maximum absolute atomic E-state index is 9.90. The Kier molecular flexibility index (Phi) is 7.06. The van der Waals surface area contributed by atoms with Gasteiger partial charge in [-0.15, -0.1) is 11.8 Å². The van der Waals surface area contributed by atoms with Crippen LogP contribution >= 0.6 is 27.7 Å². The highest BCUT2D eigenvalue weighted by molar-refractivity contribution is 9.10. The quantitative estimate of drug-likeness (QED) is 0.661. The first-order chi connectivity index (χ1) is 10.2. The van der Waals surface area contributed by atoms with E-state index in [0.29, 0.717) is 5.92 Å². The van der Waals surface area contributed by atoms with Crippen molar-refractivity contribution in [3.05, 3.63) is 28.7 Å². The summed E-state index contributed by atoms with van der Waals surface area (Å²) in [6.45, 7) is 3.47. The second kappa shape index (κ2) is 8.56. The van der Waals surface area contributed by atoms with Gasteiger partial charge >= 0.3 is 0 Å². The van der Waals surface area contributed by atoms with E-state index in [1.165, 1.54) is 28.6 Å². The smallest absolute Gasteiger partial charge is 0.0616 e. The molecular formula is C17H26BrNOS. The first-order valence-electron chi connectivity index (χ1n) is 7.95. The molecule has 0 aliphatic heterocycles. The zero-order valence-electron chi connectivity index (χ0n) is 12.8. The lowest BCUT2D eigenvalue weighted by Gasteiger charge is -2.35. The lowest BCUT2D eigenvalue weighted by atomic mass is 9.85. The third kappa shape index (κ3) is 4.47. The van der Waals surface area contributed by atoms with E-state index in [9.17, 15) is 5.11 Å². The molecule has 4 heteroatoms. The standard InChI is InChI=1S/C17H26BrNOS/c1-2-11-19-17(13-20)10-5-6-14(17)9-12-21-16-8-4-3-7-15(16)18/h3-4,7-8,14,19-20H,2,5-6,9-13H2,1H3. The number of thioether (sulfide) groups is 1. The number of aliphatic hydroxyl groups excluding tert-OH is 1. The number of hydrogen-bond donors (Lipinski definition) is 2. The summed E-state index contributed by atoms with van der Waals surface area (Å²) in [6, 6.07) is 8.40. The molecule has 0 amide bonds. The Hall–Kier alpha value is -0.0300. The second-order valence-corrected chi connectivity index (χ2v) is 7.89. The van der Waals surface area contributed by atoms with Crippen molar-refractivity contribution in [3.8, 4) is 0 Å². The maximum atomic E-state index is 9.90. The van der Waals surface area contributed by atoms with Gasteiger partial charge in [0, 0.05) is 14.9 Å². The van der Waals surface area contributed by atoms with Crippen LogP contribution in [-0.2, 0) is 0 Å². The molecule has 2 N–H and O–H groups in total. The molecule has 1 saturated carbocycles. The van der Waals surface area contributed by atoms with E-state index in [1.807, 2.05) is 11.8 Å². The average Bonchev–Trinajstić information content (AvgIpc) is 2.90. The molecule has 1 aromatic rings. The zero-order valence-corrected chi connectivity index (χ0v) is 15.2. The van der Waals surface area contributed by atoms with Gasteiger partial charge in [0.15, 0.2) is 0 Å². The van der Waals surface area contributed by atoms with Crippen molar-refractivity contribution in [2.75, 3.05) is 18.9 Å². The molecule has 0 spiro atoms. The Morgan fingerprint density at radius 3 is 2.95 bits per heavy atom. The molecule has 0 radical (unpaired) electrons. The van der Waals surface area contributed by atoms with Gasteiger partial charge < -0.3 is 10.4 Å². The molecule has 1 aliphatic carbocycles. The van der Waals surface area contributed by atoms with E-state index in [4.69, 9.17) is 0 Å². The number of aliphatic hydroxyl groups is 1. The monoisotopic (exact) mass is 371 g/mol. The van der Waals surface area contributed by atoms with E-state index in [0.717, 1.165) is 25.1 Å². The fourth-order valence-corrected chi connectivity index (χ4v) is 4.94. The summed E-state index contributed by atoms with van der Waals surface area (Å²) in [7, 11) is 0. The molecule has 1 aromatic carbocycles. The van der Waals surface area contributed by atoms with Gasteiger partial charge in [0.05, 0.1) is 6.61 Å². The highest BCUT2D eigenvalue weighted by Crippen LogP contribution is 2.39. The Morgan fingerprint density at radius 2 is 2.24 bits per heavy atom. The van der Waals surface area contributed by atoms with Crippen molar-refractivity contribution >= 4 is 27.7 Å². The van der Waals surface area contributed by atoms with E-state index < -0.39 is 0 Å². The molecule has 2 unspecified atom stereocenters. The lowest BCUT2D eigenvalue weighted by Crippen LogP contribution is -2.51. The topological polar surface area (TPSA) is 32.3 Å². The van der Waals surface area contributed by atoms with Gasteiger partial charge in [0.25, 0.3) is 0 Å². The molecule has 2 rings (SSSR count). The van der Waals surface area contributed by atoms with Gasteiger partial charge in [-0.1, -0.05) is 25.5 Å². The third-order valence-corrected chi connectivity index (χ3v) is 6.59. The minimum atomic E-state index is -0.0233. The van der Waals surface area contributed by atoms with Crippen LogP contribution in [0.3, 0.4) is 0 Å². The van der Waals surface area contributed by atoms with Crippen LogP contribution in [0.4, 0.5) is 0 Å². The van der Waals surface area contributed by atoms with Crippen molar-refractivity contribution < 1.29 is 5.11 Å². The van der Waals surface area contributed by atoms with Gasteiger partial charge in [-0.2, -0.15) is 0 Å². The highest BCUT2D eigenvalue weighted by atomic mass is 79.9. The average molecular weight is 372 g/mol. The summed E-state index contributed by atoms with van der Waals surface area (Å²) >= 11 is 5.52. The van der Waals surface area contributed by atoms with Crippen molar-refractivity contribution in [1.29, 1.82) is 0 Å². The second-order valence-electron chi connectivity index (χ2n) is 5.90. The van der Waals surface area contributed by atoms with Crippen molar-refractivity contribution in [2.45, 2.75) is 49.5 Å². The van der Waals surface area contributed by atoms with Crippen LogP contribution in [0.1, 0.15) is 39.0 Å². The molecule has 1 fully saturated rings. The number of nitrogens with one attached hydrogen (secondary N) is 1. The van der Waals surface area contributed by atoms with Gasteiger partial charge in [-0.05, 0) is 72.0 Å². The van der Waals surface area contributed by atoms with Crippen LogP contribution in [-0.4, -0.2) is 29.5 Å². The zero-order chi connectivity index (χ0) is 15.1. The van der Waals surface area contributed by atoms with Crippen LogP contribution in [0.5, 0.6) is 0 Å². The van der Waals surface area contributed by atoms with Gasteiger partial charge in [0.1, 0.15) is 0 Å². The molecule has 118 valence electrons. The fraction of sp³-hybridized carbons (Fsp3) is 0.647. The first kappa shape index (κ1) is 17.3. The van der Waals surface area contributed by atoms with Crippen molar-refractivity contribution in [1.82, 2.24) is 5.32 Å². The summed E-state index contributed by atoms with van der Waals surface area (Å²) in [5.41, 5.74) is -0.0233. The Labute approximate surface area is 141 Å². The largest absolute Gasteiger partial charge is 0.394 e. The Balaban J connectivity index is 1.88. The van der Waals surface area contributed by atoms with Crippen molar-refractivity contribution in [3.63, 3.8) is 0 Å². The molecule has 1 aliphatic rings. The summed E-state index contributed by atoms with van der Waals surface area (Å²) in [5, 5.41) is 13.5. The molecule has 0 heterocycles. The van der Waals surface area contributed by atoms with E-state index >= 15 is 0 Å². The lowest BCUT2D eigenvalue weighted by molar-refractivity contribution is 0.122. The molecule has 0 saturated heterocycles. The summed E-state index contributed by atoms with van der Waals surface area (Å²) in [5.74, 6) is 1.71. The first-order valence-corrected chi connectivity index (χ1v) is 9.73. The summed E-state index contributed by atoms with van der Waals surface area (Å²) in [4.78, 5) is 1.31. The van der Waals surface area contributed by atoms with Gasteiger partial charge in [-0.25, -0.2) is 0 Å². The fourth-order valence-electron chi connectivity index (χ4n) is 3.31. The molecule has 0 bridgehead atoms. The Morgan fingerprint density at radius 1 is 1.43 bits per heavy atom. The maximum Gasteiger partial charge on any atom is 0.0616 e. The number of hydrogen-bond acceptors (Lipinski definition) is 3. The normalized spacial score (nSPS) is 25.4. The SMILES string of the molecule is CCCNC1(CO)CCCC1CCSc1ccccc1Br. The van der Waals surface area contributed by atoms with Gasteiger partial charge in [0.2, 0.25) is 0 Å². The van der Waals surface area contributed by atoms with Crippen LogP contribution < -0.4 is 5.32 Å². The molecule has 2 nitrogen and oxygen atoms in total. The van der Waals surface area contributed by atoms with Gasteiger partial charge in [-0.3, -0.25) is 0 Å². The summed E-state index contributed by atoms with van der Waals surface area (Å²) < 4.78 is 1.18. The van der Waals surface area contributed by atoms with Crippen LogP contribution in [0.15, 0.2) is 33.6 Å². The number of benzene rings is 1. The minimum absolute atomic E-state index is 0.0233. The van der Waals surface area contributed by atoms with Crippen LogP contribution in [0.25, 0.3) is 0 Å². The number of halogens is 1. The van der Waals surface area contributed by atoms with E-state index in [2.05, 4.69) is 52.4 Å². The Bertz CT molecular complexity index is 443. The minimum Gasteiger partial charge on any atom is -0.394 e. The molecule has 2 atom stereocenters. The highest BCUT2D eigenvalue weighted by Gasteiger charge is 2.41. The van der Waals surface area contributed by atoms with Crippen LogP contribution in [0, 0.1) is 5.92 Å². The predicted octanol–water partition coefficient (Wildman–Crippen LogP) is 4.46. The third-order valence-electron chi connectivity index (χ3n) is 4.53. The van der Waals surface area contributed by atoms with Crippen LogP contribution in [0.2, 0.25) is 0 Å². The molecule has 0 aromatic heterocycles. The van der Waals surface area contributed by atoms with Crippen molar-refractivity contribution in [2.24, 2.45) is 5.92 Å². The van der Waals surface area contributed by atoms with E-state index in [-0.39, 0.29) is 12.1 Å². The van der Waals surface area contributed by atoms with E-state index in [1.54, 1.807) is 0 Å². The summed E-state index contributed by atoms with van der Waals surface area (Å²) in [6.07, 6.45) is 5.90. The number of rotatable bonds is 8. The molecular weight excluding hydrogens is 346 g/mol. The molecule has 21 heavy (non-hydrogen) atoms. The predicted molar refractivity (Wildman–Crippen MR) is 94.9 cm³/mol.